The maximum atomic E-state index is 12.2. The molecule has 0 saturated carbocycles. The van der Waals surface area contributed by atoms with E-state index in [1.807, 2.05) is 0 Å². The van der Waals surface area contributed by atoms with E-state index in [4.69, 9.17) is 0 Å². The number of benzene rings is 2. The Bertz CT molecular complexity index is 754. The highest BCUT2D eigenvalue weighted by Crippen LogP contribution is 2.16. The lowest BCUT2D eigenvalue weighted by atomic mass is 10.1. The van der Waals surface area contributed by atoms with Gasteiger partial charge in [-0.05, 0) is 12.1 Å². The Hall–Kier alpha value is -3.28. The summed E-state index contributed by atoms with van der Waals surface area (Å²) in [4.78, 5) is 35.0. The van der Waals surface area contributed by atoms with Gasteiger partial charge < -0.3 is 4.74 Å². The molecule has 0 radical (unpaired) electrons. The summed E-state index contributed by atoms with van der Waals surface area (Å²) in [6.07, 6.45) is 0.364. The predicted octanol–water partition coefficient (Wildman–Crippen LogP) is 2.32. The molecule has 2 rings (SSSR count). The molecule has 0 aliphatic heterocycles. The quantitative estimate of drug-likeness (QED) is 0.221. The van der Waals surface area contributed by atoms with E-state index in [1.54, 1.807) is 54.6 Å². The number of para-hydroxylation sites is 1. The molecule has 2 aromatic carbocycles. The van der Waals surface area contributed by atoms with E-state index >= 15 is 0 Å². The van der Waals surface area contributed by atoms with Gasteiger partial charge in [0, 0.05) is 5.56 Å². The number of carbonyl (C=O) groups excluding carboxylic acids is 3. The zero-order valence-corrected chi connectivity index (χ0v) is 12.4. The number of anilines is 1. The fourth-order valence-electron chi connectivity index (χ4n) is 1.86. The van der Waals surface area contributed by atoms with Crippen LogP contribution in [0.25, 0.3) is 0 Å². The second kappa shape index (κ2) is 7.65. The molecule has 0 spiro atoms. The van der Waals surface area contributed by atoms with Gasteiger partial charge in [-0.1, -0.05) is 42.5 Å². The maximum Gasteiger partial charge on any atom is 0.340 e. The zero-order chi connectivity index (χ0) is 16.7. The summed E-state index contributed by atoms with van der Waals surface area (Å²) in [6.45, 7) is 0. The average Bonchev–Trinajstić information content (AvgIpc) is 2.62. The van der Waals surface area contributed by atoms with Crippen LogP contribution in [-0.4, -0.2) is 30.9 Å². The number of hydrogen-bond acceptors (Lipinski definition) is 6. The number of Topliss-reactive ketones (excluding diaryl/α,β-unsaturated/α-hetero) is 1. The van der Waals surface area contributed by atoms with Crippen molar-refractivity contribution in [1.82, 2.24) is 0 Å². The van der Waals surface area contributed by atoms with Crippen LogP contribution in [0.15, 0.2) is 59.7 Å². The summed E-state index contributed by atoms with van der Waals surface area (Å²) in [6, 6.07) is 14.8. The van der Waals surface area contributed by atoms with Gasteiger partial charge in [-0.25, -0.2) is 4.79 Å². The van der Waals surface area contributed by atoms with E-state index in [-0.39, 0.29) is 11.3 Å². The average molecular weight is 310 g/mol. The Kier molecular flexibility index (Phi) is 5.35. The number of nitrogens with zero attached hydrogens (tertiary/aromatic N) is 1. The summed E-state index contributed by atoms with van der Waals surface area (Å²) in [5.41, 5.74) is 3.20. The first-order valence-electron chi connectivity index (χ1n) is 6.73. The molecule has 6 nitrogen and oxygen atoms in total. The lowest BCUT2D eigenvalue weighted by Gasteiger charge is -2.07. The molecular formula is C17H14N2O4. The molecule has 116 valence electrons. The number of aldehydes is 1. The molecule has 0 bridgehead atoms. The molecule has 0 aromatic heterocycles. The normalized spacial score (nSPS) is 10.7. The Balaban J connectivity index is 2.26. The van der Waals surface area contributed by atoms with Gasteiger partial charge in [-0.2, -0.15) is 5.10 Å². The van der Waals surface area contributed by atoms with Crippen LogP contribution in [0.1, 0.15) is 20.7 Å². The maximum absolute atomic E-state index is 12.2. The third-order valence-corrected chi connectivity index (χ3v) is 3.01. The van der Waals surface area contributed by atoms with Crippen LogP contribution in [0, 0.1) is 0 Å². The monoisotopic (exact) mass is 310 g/mol. The van der Waals surface area contributed by atoms with Crippen LogP contribution < -0.4 is 5.43 Å². The standard InChI is InChI=1S/C17H14N2O4/c1-23-17(22)13-9-5-6-10-14(13)18-19-15(11-20)16(21)12-7-3-2-4-8-12/h2-11,18H,1H3/b19-15+. The SMILES string of the molecule is COC(=O)c1ccccc1N/N=C(\C=O)C(=O)c1ccccc1. The minimum absolute atomic E-state index is 0.246. The zero-order valence-electron chi connectivity index (χ0n) is 12.4. The molecule has 6 heteroatoms. The molecular weight excluding hydrogens is 296 g/mol. The molecule has 0 aliphatic carbocycles. The van der Waals surface area contributed by atoms with E-state index < -0.39 is 11.8 Å². The number of hydrogen-bond donors (Lipinski definition) is 1. The second-order valence-electron chi connectivity index (χ2n) is 4.46. The number of ketones is 1. The van der Waals surface area contributed by atoms with Crippen molar-refractivity contribution >= 4 is 29.4 Å². The first kappa shape index (κ1) is 16.1. The van der Waals surface area contributed by atoms with Crippen LogP contribution in [0.4, 0.5) is 5.69 Å². The van der Waals surface area contributed by atoms with Crippen LogP contribution in [0.3, 0.4) is 0 Å². The van der Waals surface area contributed by atoms with Gasteiger partial charge >= 0.3 is 5.97 Å². The molecule has 0 fully saturated rings. The largest absolute Gasteiger partial charge is 0.465 e. The molecule has 2 aromatic rings. The molecule has 1 N–H and O–H groups in total. The fourth-order valence-corrected chi connectivity index (χ4v) is 1.86. The molecule has 0 unspecified atom stereocenters. The van der Waals surface area contributed by atoms with Crippen molar-refractivity contribution in [3.63, 3.8) is 0 Å². The van der Waals surface area contributed by atoms with Crippen LogP contribution in [0.2, 0.25) is 0 Å². The van der Waals surface area contributed by atoms with Gasteiger partial charge in [0.2, 0.25) is 5.78 Å². The van der Waals surface area contributed by atoms with Crippen molar-refractivity contribution in [2.45, 2.75) is 0 Å². The number of rotatable bonds is 6. The highest BCUT2D eigenvalue weighted by atomic mass is 16.5. The molecule has 0 heterocycles. The lowest BCUT2D eigenvalue weighted by Crippen LogP contribution is -2.18. The van der Waals surface area contributed by atoms with Crippen molar-refractivity contribution in [2.75, 3.05) is 12.5 Å². The van der Waals surface area contributed by atoms with Crippen molar-refractivity contribution in [1.29, 1.82) is 0 Å². The molecule has 0 amide bonds. The Morgan fingerprint density at radius 3 is 2.35 bits per heavy atom. The molecule has 0 aliphatic rings. The molecule has 0 atom stereocenters. The predicted molar refractivity (Wildman–Crippen MR) is 85.7 cm³/mol. The van der Waals surface area contributed by atoms with E-state index in [0.29, 0.717) is 17.5 Å². The summed E-state index contributed by atoms with van der Waals surface area (Å²) in [5.74, 6) is -1.06. The minimum atomic E-state index is -0.551. The van der Waals surface area contributed by atoms with Gasteiger partial charge in [0.1, 0.15) is 0 Å². The summed E-state index contributed by atoms with van der Waals surface area (Å²) in [5, 5.41) is 3.81. The fraction of sp³-hybridized carbons (Fsp3) is 0.0588. The van der Waals surface area contributed by atoms with Gasteiger partial charge in [-0.3, -0.25) is 15.0 Å². The summed E-state index contributed by atoms with van der Waals surface area (Å²) >= 11 is 0. The molecule has 23 heavy (non-hydrogen) atoms. The van der Waals surface area contributed by atoms with Crippen molar-refractivity contribution < 1.29 is 19.1 Å². The highest BCUT2D eigenvalue weighted by molar-refractivity contribution is 6.63. The van der Waals surface area contributed by atoms with E-state index in [1.165, 1.54) is 7.11 Å². The summed E-state index contributed by atoms with van der Waals surface area (Å²) < 4.78 is 4.66. The van der Waals surface area contributed by atoms with Gasteiger partial charge in [0.15, 0.2) is 12.0 Å². The number of carbonyl (C=O) groups is 3. The number of esters is 1. The molecule has 0 saturated heterocycles. The number of methoxy groups -OCH3 is 1. The highest BCUT2D eigenvalue weighted by Gasteiger charge is 2.14. The number of nitrogens with one attached hydrogen (secondary N) is 1. The summed E-state index contributed by atoms with van der Waals surface area (Å²) in [7, 11) is 1.26. The van der Waals surface area contributed by atoms with E-state index in [2.05, 4.69) is 15.3 Å². The van der Waals surface area contributed by atoms with Gasteiger partial charge in [0.25, 0.3) is 0 Å². The second-order valence-corrected chi connectivity index (χ2v) is 4.46. The number of ether oxygens (including phenoxy) is 1. The van der Waals surface area contributed by atoms with Crippen LogP contribution >= 0.6 is 0 Å². The number of hydrazone groups is 1. The van der Waals surface area contributed by atoms with E-state index in [9.17, 15) is 14.4 Å². The Morgan fingerprint density at radius 2 is 1.70 bits per heavy atom. The van der Waals surface area contributed by atoms with Gasteiger partial charge in [-0.15, -0.1) is 0 Å². The smallest absolute Gasteiger partial charge is 0.340 e. The van der Waals surface area contributed by atoms with Crippen molar-refractivity contribution in [3.05, 3.63) is 65.7 Å². The Morgan fingerprint density at radius 1 is 1.04 bits per heavy atom. The van der Waals surface area contributed by atoms with Crippen molar-refractivity contribution in [3.8, 4) is 0 Å². The Labute approximate surface area is 132 Å². The first-order valence-corrected chi connectivity index (χ1v) is 6.73. The topological polar surface area (TPSA) is 84.8 Å². The van der Waals surface area contributed by atoms with Crippen LogP contribution in [0.5, 0.6) is 0 Å². The van der Waals surface area contributed by atoms with Crippen LogP contribution in [-0.2, 0) is 9.53 Å². The third kappa shape index (κ3) is 3.88. The van der Waals surface area contributed by atoms with Gasteiger partial charge in [0.05, 0.1) is 18.4 Å². The minimum Gasteiger partial charge on any atom is -0.465 e. The van der Waals surface area contributed by atoms with E-state index in [0.717, 1.165) is 0 Å². The first-order chi connectivity index (χ1) is 11.2. The van der Waals surface area contributed by atoms with Crippen molar-refractivity contribution in [2.24, 2.45) is 5.10 Å². The third-order valence-electron chi connectivity index (χ3n) is 3.01. The lowest BCUT2D eigenvalue weighted by molar-refractivity contribution is -0.102.